The summed E-state index contributed by atoms with van der Waals surface area (Å²) in [5.41, 5.74) is 2.61. The van der Waals surface area contributed by atoms with Crippen molar-refractivity contribution in [1.29, 1.82) is 0 Å². The van der Waals surface area contributed by atoms with Crippen LogP contribution in [0, 0.1) is 26.6 Å². The molecule has 158 valence electrons. The van der Waals surface area contributed by atoms with Crippen molar-refractivity contribution >= 4 is 17.7 Å². The van der Waals surface area contributed by atoms with Gasteiger partial charge in [-0.05, 0) is 67.6 Å². The third-order valence-electron chi connectivity index (χ3n) is 5.86. The van der Waals surface area contributed by atoms with Gasteiger partial charge in [-0.1, -0.05) is 38.0 Å². The van der Waals surface area contributed by atoms with Gasteiger partial charge < -0.3 is 5.32 Å². The second-order valence-corrected chi connectivity index (χ2v) is 8.01. The Kier molecular flexibility index (Phi) is 6.06. The zero-order valence-corrected chi connectivity index (χ0v) is 17.8. The number of halogens is 1. The third-order valence-corrected chi connectivity index (χ3v) is 5.86. The Morgan fingerprint density at radius 2 is 1.67 bits per heavy atom. The molecule has 2 aromatic carbocycles. The van der Waals surface area contributed by atoms with Gasteiger partial charge in [-0.2, -0.15) is 0 Å². The number of amides is 3. The second-order valence-electron chi connectivity index (χ2n) is 8.01. The minimum atomic E-state index is -1.28. The Morgan fingerprint density at radius 1 is 1.03 bits per heavy atom. The van der Waals surface area contributed by atoms with E-state index in [4.69, 9.17) is 0 Å². The number of imide groups is 1. The molecule has 1 saturated heterocycles. The van der Waals surface area contributed by atoms with Crippen molar-refractivity contribution in [3.63, 3.8) is 0 Å². The molecular weight excluding hydrogens is 383 g/mol. The molecule has 1 N–H and O–H groups in total. The summed E-state index contributed by atoms with van der Waals surface area (Å²) in [6, 6.07) is 8.71. The molecule has 1 aliphatic rings. The van der Waals surface area contributed by atoms with Crippen LogP contribution in [0.1, 0.15) is 58.8 Å². The average molecular weight is 410 g/mol. The summed E-state index contributed by atoms with van der Waals surface area (Å²) in [5, 5.41) is 2.79. The molecule has 0 bridgehead atoms. The van der Waals surface area contributed by atoms with Gasteiger partial charge in [0.1, 0.15) is 11.4 Å². The minimum Gasteiger partial charge on any atom is -0.319 e. The molecule has 1 heterocycles. The van der Waals surface area contributed by atoms with Crippen molar-refractivity contribution in [3.05, 3.63) is 70.0 Å². The van der Waals surface area contributed by atoms with Crippen molar-refractivity contribution in [2.75, 3.05) is 6.54 Å². The normalized spacial score (nSPS) is 18.6. The Morgan fingerprint density at radius 3 is 2.30 bits per heavy atom. The number of nitrogens with one attached hydrogen (secondary N) is 1. The zero-order valence-electron chi connectivity index (χ0n) is 17.8. The van der Waals surface area contributed by atoms with Crippen LogP contribution in [-0.4, -0.2) is 29.2 Å². The number of unbranched alkanes of at least 4 members (excludes halogenated alkanes) is 1. The van der Waals surface area contributed by atoms with Crippen LogP contribution in [0.25, 0.3) is 0 Å². The molecule has 6 heteroatoms. The SMILES string of the molecule is CCCC[C@]1(c2ccc(F)cc2)NC(=O)N(CC(=O)c2cc(C)c(C)cc2C)C1=O. The molecule has 30 heavy (non-hydrogen) atoms. The summed E-state index contributed by atoms with van der Waals surface area (Å²) in [6.07, 6.45) is 1.90. The minimum absolute atomic E-state index is 0.288. The lowest BCUT2D eigenvalue weighted by Gasteiger charge is -2.27. The van der Waals surface area contributed by atoms with Gasteiger partial charge in [0.15, 0.2) is 5.78 Å². The van der Waals surface area contributed by atoms with Crippen LogP contribution in [0.3, 0.4) is 0 Å². The summed E-state index contributed by atoms with van der Waals surface area (Å²) in [5.74, 6) is -1.18. The quantitative estimate of drug-likeness (QED) is 0.537. The Bertz CT molecular complexity index is 1000. The van der Waals surface area contributed by atoms with Crippen LogP contribution < -0.4 is 5.32 Å². The monoisotopic (exact) mass is 410 g/mol. The fourth-order valence-electron chi connectivity index (χ4n) is 3.95. The maximum atomic E-state index is 13.4. The van der Waals surface area contributed by atoms with Gasteiger partial charge >= 0.3 is 6.03 Å². The lowest BCUT2D eigenvalue weighted by Crippen LogP contribution is -2.44. The van der Waals surface area contributed by atoms with Crippen molar-refractivity contribution in [2.45, 2.75) is 52.5 Å². The van der Waals surface area contributed by atoms with E-state index in [0.29, 0.717) is 24.0 Å². The van der Waals surface area contributed by atoms with Gasteiger partial charge in [0.25, 0.3) is 5.91 Å². The number of Topliss-reactive ketones (excluding diaryl/α,β-unsaturated/α-hetero) is 1. The molecule has 1 fully saturated rings. The second kappa shape index (κ2) is 8.38. The first-order chi connectivity index (χ1) is 14.2. The number of hydrogen-bond donors (Lipinski definition) is 1. The van der Waals surface area contributed by atoms with Gasteiger partial charge in [-0.15, -0.1) is 0 Å². The third kappa shape index (κ3) is 3.86. The van der Waals surface area contributed by atoms with E-state index in [-0.39, 0.29) is 12.3 Å². The van der Waals surface area contributed by atoms with E-state index in [1.807, 2.05) is 33.8 Å². The molecule has 2 aromatic rings. The first-order valence-corrected chi connectivity index (χ1v) is 10.2. The highest BCUT2D eigenvalue weighted by atomic mass is 19.1. The van der Waals surface area contributed by atoms with E-state index in [2.05, 4.69) is 5.32 Å². The highest BCUT2D eigenvalue weighted by molar-refractivity contribution is 6.11. The smallest absolute Gasteiger partial charge is 0.319 e. The van der Waals surface area contributed by atoms with E-state index in [1.54, 1.807) is 6.07 Å². The van der Waals surface area contributed by atoms with Crippen molar-refractivity contribution in [2.24, 2.45) is 0 Å². The molecule has 0 radical (unpaired) electrons. The predicted octanol–water partition coefficient (Wildman–Crippen LogP) is 4.57. The number of carbonyl (C=O) groups is 3. The highest BCUT2D eigenvalue weighted by Gasteiger charge is 2.52. The summed E-state index contributed by atoms with van der Waals surface area (Å²) in [4.78, 5) is 40.1. The molecule has 0 aliphatic carbocycles. The van der Waals surface area contributed by atoms with Gasteiger partial charge in [-0.3, -0.25) is 14.5 Å². The van der Waals surface area contributed by atoms with Gasteiger partial charge in [-0.25, -0.2) is 9.18 Å². The fraction of sp³-hybridized carbons (Fsp3) is 0.375. The first-order valence-electron chi connectivity index (χ1n) is 10.2. The summed E-state index contributed by atoms with van der Waals surface area (Å²) in [6.45, 7) is 7.39. The zero-order chi connectivity index (χ0) is 22.1. The molecule has 0 saturated carbocycles. The fourth-order valence-corrected chi connectivity index (χ4v) is 3.95. The van der Waals surface area contributed by atoms with E-state index in [0.717, 1.165) is 28.0 Å². The Hall–Kier alpha value is -3.02. The van der Waals surface area contributed by atoms with Crippen LogP contribution in [0.2, 0.25) is 0 Å². The predicted molar refractivity (Wildman–Crippen MR) is 113 cm³/mol. The lowest BCUT2D eigenvalue weighted by molar-refractivity contribution is -0.131. The summed E-state index contributed by atoms with van der Waals surface area (Å²) >= 11 is 0. The van der Waals surface area contributed by atoms with Crippen molar-refractivity contribution in [1.82, 2.24) is 10.2 Å². The molecule has 3 rings (SSSR count). The number of rotatable bonds is 7. The van der Waals surface area contributed by atoms with Gasteiger partial charge in [0, 0.05) is 5.56 Å². The van der Waals surface area contributed by atoms with Crippen molar-refractivity contribution in [3.8, 4) is 0 Å². The standard InChI is InChI=1S/C24H27FN2O3/c1-5-6-11-24(18-7-9-19(25)10-8-18)22(29)27(23(30)26-24)14-21(28)20-13-16(3)15(2)12-17(20)4/h7-10,12-13H,5-6,11,14H2,1-4H3,(H,26,30)/t24-/m1/s1. The van der Waals surface area contributed by atoms with Gasteiger partial charge in [0.05, 0.1) is 6.54 Å². The van der Waals surface area contributed by atoms with Crippen LogP contribution in [-0.2, 0) is 10.3 Å². The first kappa shape index (κ1) is 21.7. The highest BCUT2D eigenvalue weighted by Crippen LogP contribution is 2.34. The largest absolute Gasteiger partial charge is 0.325 e. The van der Waals surface area contributed by atoms with Crippen LogP contribution in [0.4, 0.5) is 9.18 Å². The lowest BCUT2D eigenvalue weighted by atomic mass is 9.84. The Balaban J connectivity index is 1.92. The number of carbonyl (C=O) groups excluding carboxylic acids is 3. The van der Waals surface area contributed by atoms with Crippen molar-refractivity contribution < 1.29 is 18.8 Å². The maximum absolute atomic E-state index is 13.4. The van der Waals surface area contributed by atoms with Gasteiger partial charge in [0.2, 0.25) is 0 Å². The Labute approximate surface area is 176 Å². The van der Waals surface area contributed by atoms with E-state index in [9.17, 15) is 18.8 Å². The van der Waals surface area contributed by atoms with E-state index in [1.165, 1.54) is 24.3 Å². The number of aryl methyl sites for hydroxylation is 3. The molecule has 3 amide bonds. The van der Waals surface area contributed by atoms with Crippen LogP contribution in [0.5, 0.6) is 0 Å². The molecule has 0 unspecified atom stereocenters. The molecule has 5 nitrogen and oxygen atoms in total. The van der Waals surface area contributed by atoms with Crippen LogP contribution in [0.15, 0.2) is 36.4 Å². The molecule has 1 aliphatic heterocycles. The molecule has 0 spiro atoms. The maximum Gasteiger partial charge on any atom is 0.325 e. The average Bonchev–Trinajstić information content (AvgIpc) is 2.94. The number of urea groups is 1. The summed E-state index contributed by atoms with van der Waals surface area (Å²) in [7, 11) is 0. The number of benzene rings is 2. The molecular formula is C24H27FN2O3. The van der Waals surface area contributed by atoms with E-state index < -0.39 is 23.3 Å². The summed E-state index contributed by atoms with van der Waals surface area (Å²) < 4.78 is 13.4. The van der Waals surface area contributed by atoms with Crippen LogP contribution >= 0.6 is 0 Å². The van der Waals surface area contributed by atoms with E-state index >= 15 is 0 Å². The number of hydrogen-bond acceptors (Lipinski definition) is 3. The molecule has 1 atom stereocenters. The topological polar surface area (TPSA) is 66.5 Å². The number of nitrogens with zero attached hydrogens (tertiary/aromatic N) is 1. The molecule has 0 aromatic heterocycles. The number of ketones is 1.